The van der Waals surface area contributed by atoms with E-state index in [0.717, 1.165) is 43.1 Å². The Hall–Kier alpha value is -3.35. The monoisotopic (exact) mass is 697 g/mol. The molecule has 270 valence electrons. The SMILES string of the molecule is Cc1cncc(C(=O)N[C@H](C(=O)N[C@@H](Cc2ccccc2)[C@H](O)CN2C[C@H]3CCCC[C@H]3C[C@H]2C(=O)NC(C)(C)C)C(C)(C)S(C)(=O)=O)c1. The summed E-state index contributed by atoms with van der Waals surface area (Å²) in [7, 11) is -3.87. The van der Waals surface area contributed by atoms with E-state index in [9.17, 15) is 27.9 Å². The number of aryl methyl sites for hydroxylation is 1. The third-order valence-electron chi connectivity index (χ3n) is 10.1. The van der Waals surface area contributed by atoms with Crippen LogP contribution in [0, 0.1) is 18.8 Å². The van der Waals surface area contributed by atoms with Gasteiger partial charge in [0.15, 0.2) is 9.84 Å². The van der Waals surface area contributed by atoms with Crippen LogP contribution in [0.25, 0.3) is 0 Å². The highest BCUT2D eigenvalue weighted by Gasteiger charge is 2.46. The average molecular weight is 698 g/mol. The van der Waals surface area contributed by atoms with E-state index in [1.807, 2.05) is 51.1 Å². The number of carbonyl (C=O) groups excluding carboxylic acids is 3. The molecule has 2 heterocycles. The molecule has 0 bridgehead atoms. The van der Waals surface area contributed by atoms with E-state index in [1.165, 1.54) is 20.0 Å². The van der Waals surface area contributed by atoms with Crippen molar-refractivity contribution in [2.75, 3.05) is 19.3 Å². The van der Waals surface area contributed by atoms with Gasteiger partial charge < -0.3 is 21.1 Å². The minimum atomic E-state index is -3.87. The highest BCUT2D eigenvalue weighted by atomic mass is 32.2. The third kappa shape index (κ3) is 10.1. The van der Waals surface area contributed by atoms with E-state index < -0.39 is 56.2 Å². The minimum Gasteiger partial charge on any atom is -0.390 e. The molecule has 1 aliphatic carbocycles. The van der Waals surface area contributed by atoms with E-state index in [4.69, 9.17) is 0 Å². The molecule has 2 aliphatic rings. The van der Waals surface area contributed by atoms with Crippen LogP contribution in [0.4, 0.5) is 0 Å². The lowest BCUT2D eigenvalue weighted by Gasteiger charge is -2.47. The van der Waals surface area contributed by atoms with Crippen LogP contribution >= 0.6 is 0 Å². The normalized spacial score (nSPS) is 22.2. The number of rotatable bonds is 12. The molecule has 0 radical (unpaired) electrons. The number of fused-ring (bicyclic) bond motifs is 1. The maximum atomic E-state index is 14.2. The molecule has 4 N–H and O–H groups in total. The number of aliphatic hydroxyl groups excluding tert-OH is 1. The van der Waals surface area contributed by atoms with Crippen molar-refractivity contribution in [1.29, 1.82) is 0 Å². The first-order valence-corrected chi connectivity index (χ1v) is 19.3. The van der Waals surface area contributed by atoms with Gasteiger partial charge in [0.2, 0.25) is 11.8 Å². The molecule has 1 aliphatic heterocycles. The molecular weight excluding hydrogens is 643 g/mol. The first kappa shape index (κ1) is 38.5. The maximum Gasteiger partial charge on any atom is 0.253 e. The minimum absolute atomic E-state index is 0.0734. The number of pyridine rings is 1. The quantitative estimate of drug-likeness (QED) is 0.264. The molecule has 0 spiro atoms. The van der Waals surface area contributed by atoms with Crippen LogP contribution in [0.15, 0.2) is 48.8 Å². The lowest BCUT2D eigenvalue weighted by Crippen LogP contribution is -2.64. The number of aliphatic hydroxyl groups is 1. The first-order chi connectivity index (χ1) is 22.9. The van der Waals surface area contributed by atoms with E-state index in [0.29, 0.717) is 24.8 Å². The summed E-state index contributed by atoms with van der Waals surface area (Å²) in [4.78, 5) is 47.3. The van der Waals surface area contributed by atoms with E-state index in [2.05, 4.69) is 25.8 Å². The van der Waals surface area contributed by atoms with E-state index >= 15 is 0 Å². The molecule has 12 heteroatoms. The molecule has 4 rings (SSSR count). The lowest BCUT2D eigenvalue weighted by molar-refractivity contribution is -0.133. The van der Waals surface area contributed by atoms with Gasteiger partial charge in [-0.3, -0.25) is 24.3 Å². The van der Waals surface area contributed by atoms with Gasteiger partial charge in [0.1, 0.15) is 6.04 Å². The number of nitrogens with zero attached hydrogens (tertiary/aromatic N) is 2. The second-order valence-electron chi connectivity index (χ2n) is 15.7. The summed E-state index contributed by atoms with van der Waals surface area (Å²) >= 11 is 0. The fourth-order valence-corrected chi connectivity index (χ4v) is 7.67. The van der Waals surface area contributed by atoms with Gasteiger partial charge in [0, 0.05) is 37.3 Å². The molecular formula is C37H55N5O6S. The van der Waals surface area contributed by atoms with Crippen molar-refractivity contribution in [3.63, 3.8) is 0 Å². The number of aromatic nitrogens is 1. The number of sulfone groups is 1. The van der Waals surface area contributed by atoms with Crippen LogP contribution in [0.5, 0.6) is 0 Å². The first-order valence-electron chi connectivity index (χ1n) is 17.4. The van der Waals surface area contributed by atoms with Crippen LogP contribution in [-0.4, -0.2) is 95.0 Å². The number of piperidine rings is 1. The van der Waals surface area contributed by atoms with Crippen molar-refractivity contribution in [2.45, 2.75) is 115 Å². The van der Waals surface area contributed by atoms with Gasteiger partial charge in [0.05, 0.1) is 28.5 Å². The molecule has 1 saturated carbocycles. The van der Waals surface area contributed by atoms with Crippen molar-refractivity contribution in [3.05, 3.63) is 65.5 Å². The predicted octanol–water partition coefficient (Wildman–Crippen LogP) is 3.20. The molecule has 1 saturated heterocycles. The second-order valence-corrected chi connectivity index (χ2v) is 18.3. The number of hydrogen-bond acceptors (Lipinski definition) is 8. The van der Waals surface area contributed by atoms with Crippen molar-refractivity contribution >= 4 is 27.6 Å². The molecule has 1 aromatic heterocycles. The fourth-order valence-electron chi connectivity index (χ4n) is 7.07. The number of amides is 3. The van der Waals surface area contributed by atoms with Crippen molar-refractivity contribution in [3.8, 4) is 0 Å². The Kier molecular flexibility index (Phi) is 12.3. The number of β-amino-alcohol motifs (C(OH)–C–C–N with tert-alkyl or cyclic N) is 1. The molecule has 11 nitrogen and oxygen atoms in total. The fraction of sp³-hybridized carbons (Fsp3) is 0.622. The number of benzene rings is 1. The molecule has 2 fully saturated rings. The Morgan fingerprint density at radius 2 is 1.65 bits per heavy atom. The highest BCUT2D eigenvalue weighted by molar-refractivity contribution is 7.92. The van der Waals surface area contributed by atoms with Crippen LogP contribution in [-0.2, 0) is 25.8 Å². The summed E-state index contributed by atoms with van der Waals surface area (Å²) in [5.74, 6) is -0.582. The Bertz CT molecular complexity index is 1570. The van der Waals surface area contributed by atoms with Crippen molar-refractivity contribution in [1.82, 2.24) is 25.8 Å². The van der Waals surface area contributed by atoms with Gasteiger partial charge in [-0.25, -0.2) is 8.42 Å². The number of nitrogens with one attached hydrogen (secondary N) is 3. The Balaban J connectivity index is 1.63. The summed E-state index contributed by atoms with van der Waals surface area (Å²) in [5, 5.41) is 20.7. The molecule has 3 amide bonds. The van der Waals surface area contributed by atoms with Gasteiger partial charge in [0.25, 0.3) is 5.91 Å². The molecule has 0 unspecified atom stereocenters. The Morgan fingerprint density at radius 1 is 1.00 bits per heavy atom. The molecule has 1 aromatic carbocycles. The van der Waals surface area contributed by atoms with Gasteiger partial charge >= 0.3 is 0 Å². The van der Waals surface area contributed by atoms with E-state index in [1.54, 1.807) is 19.2 Å². The predicted molar refractivity (Wildman–Crippen MR) is 191 cm³/mol. The van der Waals surface area contributed by atoms with Crippen LogP contribution in [0.1, 0.15) is 88.2 Å². The molecule has 49 heavy (non-hydrogen) atoms. The number of likely N-dealkylation sites (tertiary alicyclic amines) is 1. The standard InChI is InChI=1S/C37H55N5O6S/c1-24-17-28(21-38-20-24)33(44)40-32(37(5,6)49(7,47)48)35(46)39-29(18-25-13-9-8-10-14-25)31(43)23-42-22-27-16-12-11-15-26(27)19-30(42)34(45)41-36(2,3)4/h8-10,13-14,17,20-21,26-27,29-32,43H,11-12,15-16,18-19,22-23H2,1-7H3,(H,39,46)(H,40,44)(H,41,45)/t26-,27+,29-,30-,31+,32+/m0/s1. The Labute approximate surface area is 291 Å². The second kappa shape index (κ2) is 15.7. The topological polar surface area (TPSA) is 158 Å². The summed E-state index contributed by atoms with van der Waals surface area (Å²) in [6.07, 6.45) is 8.28. The summed E-state index contributed by atoms with van der Waals surface area (Å²) in [5.41, 5.74) is 1.35. The largest absolute Gasteiger partial charge is 0.390 e. The third-order valence-corrected chi connectivity index (χ3v) is 12.3. The van der Waals surface area contributed by atoms with Gasteiger partial charge in [-0.2, -0.15) is 0 Å². The zero-order valence-electron chi connectivity index (χ0n) is 30.0. The summed E-state index contributed by atoms with van der Waals surface area (Å²) in [6.45, 7) is 11.2. The van der Waals surface area contributed by atoms with Gasteiger partial charge in [-0.15, -0.1) is 0 Å². The Morgan fingerprint density at radius 3 is 2.27 bits per heavy atom. The summed E-state index contributed by atoms with van der Waals surface area (Å²) < 4.78 is 24.3. The van der Waals surface area contributed by atoms with E-state index in [-0.39, 0.29) is 24.4 Å². The number of hydrogen-bond donors (Lipinski definition) is 4. The van der Waals surface area contributed by atoms with Crippen LogP contribution < -0.4 is 16.0 Å². The molecule has 6 atom stereocenters. The maximum absolute atomic E-state index is 14.2. The average Bonchev–Trinajstić information content (AvgIpc) is 3.01. The lowest BCUT2D eigenvalue weighted by atomic mass is 9.72. The smallest absolute Gasteiger partial charge is 0.253 e. The zero-order valence-corrected chi connectivity index (χ0v) is 30.8. The number of carbonyl (C=O) groups is 3. The summed E-state index contributed by atoms with van der Waals surface area (Å²) in [6, 6.07) is 8.22. The van der Waals surface area contributed by atoms with Gasteiger partial charge in [-0.05, 0) is 89.8 Å². The van der Waals surface area contributed by atoms with Gasteiger partial charge in [-0.1, -0.05) is 49.6 Å². The zero-order chi connectivity index (χ0) is 36.1. The van der Waals surface area contributed by atoms with Crippen molar-refractivity contribution < 1.29 is 27.9 Å². The molecule has 2 aromatic rings. The van der Waals surface area contributed by atoms with Crippen LogP contribution in [0.2, 0.25) is 0 Å². The highest BCUT2D eigenvalue weighted by Crippen LogP contribution is 2.39. The van der Waals surface area contributed by atoms with Crippen LogP contribution in [0.3, 0.4) is 0 Å². The van der Waals surface area contributed by atoms with Crippen molar-refractivity contribution in [2.24, 2.45) is 11.8 Å².